The Morgan fingerprint density at radius 3 is 2.50 bits per heavy atom. The van der Waals surface area contributed by atoms with Crippen molar-refractivity contribution in [3.63, 3.8) is 0 Å². The second-order valence-corrected chi connectivity index (χ2v) is 12.7. The van der Waals surface area contributed by atoms with Crippen LogP contribution in [0.2, 0.25) is 0 Å². The number of carboxylic acid groups (broad SMARTS) is 1. The minimum atomic E-state index is -0.823. The van der Waals surface area contributed by atoms with E-state index < -0.39 is 11.9 Å². The first kappa shape index (κ1) is 32.0. The van der Waals surface area contributed by atoms with Gasteiger partial charge in [-0.2, -0.15) is 0 Å². The van der Waals surface area contributed by atoms with Crippen molar-refractivity contribution in [2.75, 3.05) is 67.8 Å². The fourth-order valence-electron chi connectivity index (χ4n) is 6.23. The number of carbonyl (C=O) groups is 2. The van der Waals surface area contributed by atoms with E-state index in [1.807, 2.05) is 17.0 Å². The van der Waals surface area contributed by atoms with Gasteiger partial charge in [0.1, 0.15) is 0 Å². The molecule has 0 saturated carbocycles. The summed E-state index contributed by atoms with van der Waals surface area (Å²) in [4.78, 5) is 30.8. The fourth-order valence-corrected chi connectivity index (χ4v) is 6.23. The summed E-state index contributed by atoms with van der Waals surface area (Å²) >= 11 is 0. The molecule has 0 radical (unpaired) electrons. The number of amides is 1. The van der Waals surface area contributed by atoms with Crippen molar-refractivity contribution in [1.29, 1.82) is 0 Å². The number of fused-ring (bicyclic) bond motifs is 1. The van der Waals surface area contributed by atoms with Crippen LogP contribution in [-0.4, -0.2) is 105 Å². The second kappa shape index (κ2) is 14.4. The number of nitrogens with zero attached hydrogens (tertiary/aromatic N) is 3. The molecule has 0 bridgehead atoms. The van der Waals surface area contributed by atoms with E-state index in [1.54, 1.807) is 7.11 Å². The highest BCUT2D eigenvalue weighted by molar-refractivity contribution is 5.79. The van der Waals surface area contributed by atoms with Gasteiger partial charge in [0.2, 0.25) is 18.4 Å². The number of quaternary nitrogens is 1. The van der Waals surface area contributed by atoms with Crippen LogP contribution in [0.15, 0.2) is 12.1 Å². The van der Waals surface area contributed by atoms with E-state index in [4.69, 9.17) is 14.2 Å². The molecular weight excluding hydrogens is 510 g/mol. The van der Waals surface area contributed by atoms with Gasteiger partial charge in [-0.3, -0.25) is 14.5 Å². The standard InChI is InChI=1S/C31H51N3O6/c1-8-10-13-32(14-11-15-34(4,5)6)28(35)20-33-19-24(29(31(36)37)25(33)16-22(3)12-9-2)23-17-26(38-7)30-27(18-23)39-21-40-30/h17-18,22,24-25,29H,8-16,19-21H2,1-7H3/p+1/t22?,24-,25+,29?/m1/s1. The summed E-state index contributed by atoms with van der Waals surface area (Å²) in [5.74, 6) is 0.368. The van der Waals surface area contributed by atoms with Crippen LogP contribution in [-0.2, 0) is 9.59 Å². The Kier molecular flexibility index (Phi) is 11.5. The Labute approximate surface area is 240 Å². The first-order valence-electron chi connectivity index (χ1n) is 15.0. The van der Waals surface area contributed by atoms with Crippen LogP contribution >= 0.6 is 0 Å². The number of carboxylic acids is 1. The topological polar surface area (TPSA) is 88.5 Å². The van der Waals surface area contributed by atoms with E-state index in [-0.39, 0.29) is 31.2 Å². The molecule has 0 aliphatic carbocycles. The molecule has 2 aliphatic rings. The van der Waals surface area contributed by atoms with Crippen LogP contribution in [0, 0.1) is 11.8 Å². The van der Waals surface area contributed by atoms with E-state index in [2.05, 4.69) is 46.8 Å². The summed E-state index contributed by atoms with van der Waals surface area (Å²) in [6.45, 7) is 9.79. The van der Waals surface area contributed by atoms with Crippen LogP contribution in [0.5, 0.6) is 17.2 Å². The number of likely N-dealkylation sites (tertiary alicyclic amines) is 1. The Balaban J connectivity index is 1.89. The van der Waals surface area contributed by atoms with Crippen molar-refractivity contribution in [2.24, 2.45) is 11.8 Å². The van der Waals surface area contributed by atoms with Gasteiger partial charge < -0.3 is 28.7 Å². The third kappa shape index (κ3) is 8.26. The maximum absolute atomic E-state index is 13.8. The first-order valence-corrected chi connectivity index (χ1v) is 15.0. The van der Waals surface area contributed by atoms with Gasteiger partial charge in [0, 0.05) is 38.0 Å². The van der Waals surface area contributed by atoms with E-state index in [0.29, 0.717) is 29.7 Å². The van der Waals surface area contributed by atoms with Crippen LogP contribution in [0.25, 0.3) is 0 Å². The predicted octanol–water partition coefficient (Wildman–Crippen LogP) is 4.44. The molecule has 9 heteroatoms. The molecule has 1 fully saturated rings. The molecule has 3 rings (SSSR count). The lowest BCUT2D eigenvalue weighted by Gasteiger charge is -2.32. The van der Waals surface area contributed by atoms with E-state index in [0.717, 1.165) is 68.2 Å². The van der Waals surface area contributed by atoms with Crippen molar-refractivity contribution in [1.82, 2.24) is 9.80 Å². The molecule has 0 aromatic heterocycles. The van der Waals surface area contributed by atoms with Crippen molar-refractivity contribution in [3.05, 3.63) is 17.7 Å². The SMILES string of the molecule is CCCCN(CCC[N+](C)(C)C)C(=O)CN1C[C@H](c2cc(OC)c3c(c2)OCO3)C(C(=O)O)[C@@H]1CC(C)CCC. The average molecular weight is 563 g/mol. The van der Waals surface area contributed by atoms with Crippen LogP contribution in [0.1, 0.15) is 70.8 Å². The predicted molar refractivity (Wildman–Crippen MR) is 156 cm³/mol. The number of methoxy groups -OCH3 is 1. The molecule has 1 N–H and O–H groups in total. The number of ether oxygens (including phenoxy) is 3. The smallest absolute Gasteiger partial charge is 0.308 e. The third-order valence-corrected chi connectivity index (χ3v) is 8.30. The highest BCUT2D eigenvalue weighted by Gasteiger charge is 2.48. The molecule has 0 spiro atoms. The van der Waals surface area contributed by atoms with Crippen molar-refractivity contribution in [2.45, 2.75) is 71.3 Å². The van der Waals surface area contributed by atoms with Crippen LogP contribution in [0.3, 0.4) is 0 Å². The van der Waals surface area contributed by atoms with Crippen molar-refractivity contribution >= 4 is 11.9 Å². The first-order chi connectivity index (χ1) is 19.0. The second-order valence-electron chi connectivity index (χ2n) is 12.7. The van der Waals surface area contributed by atoms with Crippen LogP contribution < -0.4 is 14.2 Å². The van der Waals surface area contributed by atoms with Gasteiger partial charge in [-0.05, 0) is 36.5 Å². The quantitative estimate of drug-likeness (QED) is 0.298. The van der Waals surface area contributed by atoms with Crippen molar-refractivity contribution < 1.29 is 33.4 Å². The highest BCUT2D eigenvalue weighted by Crippen LogP contribution is 2.47. The lowest BCUT2D eigenvalue weighted by Crippen LogP contribution is -2.46. The molecule has 1 saturated heterocycles. The maximum Gasteiger partial charge on any atom is 0.308 e. The van der Waals surface area contributed by atoms with Gasteiger partial charge in [0.25, 0.3) is 0 Å². The van der Waals surface area contributed by atoms with Gasteiger partial charge in [0.05, 0.1) is 47.3 Å². The largest absolute Gasteiger partial charge is 0.493 e. The molecular formula is C31H52N3O6+. The lowest BCUT2D eigenvalue weighted by atomic mass is 9.81. The fraction of sp³-hybridized carbons (Fsp3) is 0.742. The Hall–Kier alpha value is -2.52. The van der Waals surface area contributed by atoms with Gasteiger partial charge in [-0.1, -0.05) is 40.0 Å². The summed E-state index contributed by atoms with van der Waals surface area (Å²) in [7, 11) is 8.08. The van der Waals surface area contributed by atoms with Gasteiger partial charge in [-0.25, -0.2) is 0 Å². The highest BCUT2D eigenvalue weighted by atomic mass is 16.7. The number of aliphatic carboxylic acids is 1. The lowest BCUT2D eigenvalue weighted by molar-refractivity contribution is -0.870. The third-order valence-electron chi connectivity index (χ3n) is 8.30. The van der Waals surface area contributed by atoms with Gasteiger partial charge in [-0.15, -0.1) is 0 Å². The molecule has 1 aromatic carbocycles. The monoisotopic (exact) mass is 562 g/mol. The molecule has 226 valence electrons. The molecule has 4 atom stereocenters. The molecule has 2 unspecified atom stereocenters. The summed E-state index contributed by atoms with van der Waals surface area (Å²) < 4.78 is 17.7. The Morgan fingerprint density at radius 2 is 1.88 bits per heavy atom. The minimum Gasteiger partial charge on any atom is -0.493 e. The zero-order chi connectivity index (χ0) is 29.4. The molecule has 2 heterocycles. The van der Waals surface area contributed by atoms with E-state index in [1.165, 1.54) is 0 Å². The molecule has 40 heavy (non-hydrogen) atoms. The summed E-state index contributed by atoms with van der Waals surface area (Å²) in [5.41, 5.74) is 0.849. The van der Waals surface area contributed by atoms with E-state index in [9.17, 15) is 14.7 Å². The normalized spacial score (nSPS) is 21.4. The number of hydrogen-bond acceptors (Lipinski definition) is 6. The maximum atomic E-state index is 13.8. The van der Waals surface area contributed by atoms with Crippen molar-refractivity contribution in [3.8, 4) is 17.2 Å². The van der Waals surface area contributed by atoms with Crippen LogP contribution in [0.4, 0.5) is 0 Å². The summed E-state index contributed by atoms with van der Waals surface area (Å²) in [6, 6.07) is 3.54. The zero-order valence-corrected chi connectivity index (χ0v) is 25.8. The Morgan fingerprint density at radius 1 is 1.15 bits per heavy atom. The number of benzene rings is 1. The molecule has 9 nitrogen and oxygen atoms in total. The summed E-state index contributed by atoms with van der Waals surface area (Å²) in [6.07, 6.45) is 5.74. The molecule has 1 amide bonds. The van der Waals surface area contributed by atoms with E-state index >= 15 is 0 Å². The Bertz CT molecular complexity index is 994. The molecule has 1 aromatic rings. The minimum absolute atomic E-state index is 0.0936. The zero-order valence-electron chi connectivity index (χ0n) is 25.8. The van der Waals surface area contributed by atoms with Gasteiger partial charge in [0.15, 0.2) is 11.5 Å². The summed E-state index contributed by atoms with van der Waals surface area (Å²) in [5, 5.41) is 10.5. The van der Waals surface area contributed by atoms with Gasteiger partial charge >= 0.3 is 5.97 Å². The number of hydrogen-bond donors (Lipinski definition) is 1. The number of carbonyl (C=O) groups excluding carboxylic acids is 1. The average Bonchev–Trinajstić information content (AvgIpc) is 3.49. The number of unbranched alkanes of at least 4 members (excludes halogenated alkanes) is 1. The molecule has 2 aliphatic heterocycles. The number of rotatable bonds is 16.